The molecule has 0 fully saturated rings. The Hall–Kier alpha value is -2.62. The van der Waals surface area contributed by atoms with Gasteiger partial charge in [-0.25, -0.2) is 0 Å². The maximum absolute atomic E-state index is 12.3. The highest BCUT2D eigenvalue weighted by atomic mass is 16.2. The molecule has 2 N–H and O–H groups in total. The number of nitrogens with one attached hydrogen (secondary N) is 2. The van der Waals surface area contributed by atoms with E-state index in [-0.39, 0.29) is 6.04 Å². The van der Waals surface area contributed by atoms with Crippen LogP contribution in [0.4, 0.5) is 0 Å². The van der Waals surface area contributed by atoms with Crippen LogP contribution in [0, 0.1) is 0 Å². The Labute approximate surface area is 155 Å². The molecule has 1 unspecified atom stereocenters. The van der Waals surface area contributed by atoms with Crippen LogP contribution in [0.5, 0.6) is 0 Å². The van der Waals surface area contributed by atoms with E-state index in [4.69, 9.17) is 0 Å². The van der Waals surface area contributed by atoms with Gasteiger partial charge in [0.05, 0.1) is 6.04 Å². The number of hydrogen-bond acceptors (Lipinski definition) is 2. The average Bonchev–Trinajstić information content (AvgIpc) is 2.70. The van der Waals surface area contributed by atoms with Crippen molar-refractivity contribution >= 4 is 11.8 Å². The molecule has 3 rings (SSSR count). The molecule has 0 spiro atoms. The summed E-state index contributed by atoms with van der Waals surface area (Å²) >= 11 is 0. The third-order valence-corrected chi connectivity index (χ3v) is 4.99. The molecule has 0 bridgehead atoms. The quantitative estimate of drug-likeness (QED) is 0.812. The predicted molar refractivity (Wildman–Crippen MR) is 103 cm³/mol. The minimum absolute atomic E-state index is 0.141. The molecular formula is C22H26N2O2. The molecule has 0 saturated carbocycles. The SMILES string of the molecule is CCC(NC(=O)C(=O)NCc1ccccc1)c1ccc2c(c1)CCCC2. The van der Waals surface area contributed by atoms with E-state index < -0.39 is 11.8 Å². The van der Waals surface area contributed by atoms with Crippen molar-refractivity contribution < 1.29 is 9.59 Å². The number of rotatable bonds is 5. The van der Waals surface area contributed by atoms with E-state index in [9.17, 15) is 9.59 Å². The van der Waals surface area contributed by atoms with Crippen molar-refractivity contribution in [2.24, 2.45) is 0 Å². The van der Waals surface area contributed by atoms with Crippen molar-refractivity contribution in [3.63, 3.8) is 0 Å². The molecule has 0 saturated heterocycles. The Balaban J connectivity index is 1.60. The van der Waals surface area contributed by atoms with Gasteiger partial charge < -0.3 is 10.6 Å². The molecule has 1 aliphatic rings. The Bertz CT molecular complexity index is 771. The van der Waals surface area contributed by atoms with Gasteiger partial charge in [0.25, 0.3) is 0 Å². The molecule has 0 heterocycles. The average molecular weight is 350 g/mol. The van der Waals surface area contributed by atoms with Gasteiger partial charge >= 0.3 is 11.8 Å². The van der Waals surface area contributed by atoms with Crippen LogP contribution < -0.4 is 10.6 Å². The lowest BCUT2D eigenvalue weighted by atomic mass is 9.89. The van der Waals surface area contributed by atoms with Crippen LogP contribution in [0.3, 0.4) is 0 Å². The van der Waals surface area contributed by atoms with Crippen molar-refractivity contribution in [3.05, 3.63) is 70.8 Å². The fourth-order valence-electron chi connectivity index (χ4n) is 3.47. The van der Waals surface area contributed by atoms with Gasteiger partial charge in [-0.05, 0) is 54.4 Å². The van der Waals surface area contributed by atoms with Crippen molar-refractivity contribution in [2.45, 2.75) is 51.6 Å². The number of benzene rings is 2. The number of hydrogen-bond donors (Lipinski definition) is 2. The summed E-state index contributed by atoms with van der Waals surface area (Å²) in [5, 5.41) is 5.55. The van der Waals surface area contributed by atoms with Crippen LogP contribution in [0.15, 0.2) is 48.5 Å². The highest BCUT2D eigenvalue weighted by Crippen LogP contribution is 2.26. The lowest BCUT2D eigenvalue weighted by Crippen LogP contribution is -2.41. The van der Waals surface area contributed by atoms with Crippen molar-refractivity contribution in [3.8, 4) is 0 Å². The Morgan fingerprint density at radius 3 is 2.42 bits per heavy atom. The number of aryl methyl sites for hydroxylation is 2. The zero-order valence-electron chi connectivity index (χ0n) is 15.3. The molecule has 1 aliphatic carbocycles. The molecule has 0 radical (unpaired) electrons. The zero-order chi connectivity index (χ0) is 18.4. The van der Waals surface area contributed by atoms with Gasteiger partial charge in [0.15, 0.2) is 0 Å². The van der Waals surface area contributed by atoms with Crippen LogP contribution in [-0.2, 0) is 29.0 Å². The largest absolute Gasteiger partial charge is 0.344 e. The summed E-state index contributed by atoms with van der Waals surface area (Å²) in [4.78, 5) is 24.4. The van der Waals surface area contributed by atoms with E-state index >= 15 is 0 Å². The normalized spacial score (nSPS) is 14.2. The second kappa shape index (κ2) is 8.65. The topological polar surface area (TPSA) is 58.2 Å². The predicted octanol–water partition coefficient (Wildman–Crippen LogP) is 3.45. The molecule has 4 heteroatoms. The fraction of sp³-hybridized carbons (Fsp3) is 0.364. The minimum atomic E-state index is -0.592. The lowest BCUT2D eigenvalue weighted by Gasteiger charge is -2.21. The third kappa shape index (κ3) is 4.51. The molecule has 136 valence electrons. The summed E-state index contributed by atoms with van der Waals surface area (Å²) in [6, 6.07) is 15.9. The van der Waals surface area contributed by atoms with Gasteiger partial charge in [0.1, 0.15) is 0 Å². The first-order valence-corrected chi connectivity index (χ1v) is 9.41. The Morgan fingerprint density at radius 2 is 1.69 bits per heavy atom. The first kappa shape index (κ1) is 18.2. The molecule has 4 nitrogen and oxygen atoms in total. The summed E-state index contributed by atoms with van der Waals surface area (Å²) in [5.41, 5.74) is 4.85. The summed E-state index contributed by atoms with van der Waals surface area (Å²) < 4.78 is 0. The van der Waals surface area contributed by atoms with E-state index in [0.29, 0.717) is 6.54 Å². The van der Waals surface area contributed by atoms with Crippen molar-refractivity contribution in [1.29, 1.82) is 0 Å². The zero-order valence-corrected chi connectivity index (χ0v) is 15.3. The van der Waals surface area contributed by atoms with Gasteiger partial charge in [-0.15, -0.1) is 0 Å². The highest BCUT2D eigenvalue weighted by molar-refractivity contribution is 6.35. The highest BCUT2D eigenvalue weighted by Gasteiger charge is 2.20. The van der Waals surface area contributed by atoms with E-state index in [2.05, 4.69) is 28.8 Å². The van der Waals surface area contributed by atoms with E-state index in [1.807, 2.05) is 37.3 Å². The maximum Gasteiger partial charge on any atom is 0.309 e. The number of fused-ring (bicyclic) bond motifs is 1. The second-order valence-electron chi connectivity index (χ2n) is 6.84. The number of carbonyl (C=O) groups is 2. The van der Waals surface area contributed by atoms with E-state index in [0.717, 1.165) is 30.4 Å². The molecule has 26 heavy (non-hydrogen) atoms. The third-order valence-electron chi connectivity index (χ3n) is 4.99. The maximum atomic E-state index is 12.3. The van der Waals surface area contributed by atoms with Gasteiger partial charge in [-0.3, -0.25) is 9.59 Å². The summed E-state index contributed by atoms with van der Waals surface area (Å²) in [7, 11) is 0. The molecule has 2 amide bonds. The van der Waals surface area contributed by atoms with Gasteiger partial charge in [0.2, 0.25) is 0 Å². The smallest absolute Gasteiger partial charge is 0.309 e. The molecule has 0 aliphatic heterocycles. The summed E-state index contributed by atoms with van der Waals surface area (Å²) in [6.45, 7) is 2.37. The van der Waals surface area contributed by atoms with Crippen molar-refractivity contribution in [1.82, 2.24) is 10.6 Å². The van der Waals surface area contributed by atoms with E-state index in [1.165, 1.54) is 24.0 Å². The first-order valence-electron chi connectivity index (χ1n) is 9.41. The van der Waals surface area contributed by atoms with E-state index in [1.54, 1.807) is 0 Å². The molecule has 2 aromatic rings. The standard InChI is InChI=1S/C22H26N2O2/c1-2-20(19-13-12-17-10-6-7-11-18(17)14-19)24-22(26)21(25)23-15-16-8-4-3-5-9-16/h3-5,8-9,12-14,20H,2,6-7,10-11,15H2,1H3,(H,23,25)(H,24,26). The molecular weight excluding hydrogens is 324 g/mol. The summed E-state index contributed by atoms with van der Waals surface area (Å²) in [6.07, 6.45) is 5.46. The number of amides is 2. The van der Waals surface area contributed by atoms with Crippen LogP contribution in [0.1, 0.15) is 54.5 Å². The lowest BCUT2D eigenvalue weighted by molar-refractivity contribution is -0.139. The van der Waals surface area contributed by atoms with Crippen molar-refractivity contribution in [2.75, 3.05) is 0 Å². The van der Waals surface area contributed by atoms with Crippen LogP contribution in [0.25, 0.3) is 0 Å². The molecule has 2 aromatic carbocycles. The molecule has 1 atom stereocenters. The van der Waals surface area contributed by atoms with Crippen LogP contribution in [-0.4, -0.2) is 11.8 Å². The first-order chi connectivity index (χ1) is 12.7. The van der Waals surface area contributed by atoms with Crippen LogP contribution in [0.2, 0.25) is 0 Å². The minimum Gasteiger partial charge on any atom is -0.344 e. The molecule has 0 aromatic heterocycles. The fourth-order valence-corrected chi connectivity index (χ4v) is 3.47. The van der Waals surface area contributed by atoms with Crippen LogP contribution >= 0.6 is 0 Å². The number of carbonyl (C=O) groups excluding carboxylic acids is 2. The second-order valence-corrected chi connectivity index (χ2v) is 6.84. The summed E-state index contributed by atoms with van der Waals surface area (Å²) in [5.74, 6) is -1.17. The van der Waals surface area contributed by atoms with Gasteiger partial charge in [-0.2, -0.15) is 0 Å². The monoisotopic (exact) mass is 350 g/mol. The Morgan fingerprint density at radius 1 is 0.962 bits per heavy atom. The van der Waals surface area contributed by atoms with Gasteiger partial charge in [-0.1, -0.05) is 55.5 Å². The Kier molecular flexibility index (Phi) is 6.05. The van der Waals surface area contributed by atoms with Gasteiger partial charge in [0, 0.05) is 6.54 Å².